The van der Waals surface area contributed by atoms with Gasteiger partial charge in [-0.2, -0.15) is 0 Å². The van der Waals surface area contributed by atoms with E-state index in [0.29, 0.717) is 13.1 Å². The molecule has 120 valence electrons. The van der Waals surface area contributed by atoms with Crippen LogP contribution in [0, 0.1) is 5.82 Å². The number of fused-ring (bicyclic) bond motifs is 1. The normalized spacial score (nSPS) is 25.0. The topological polar surface area (TPSA) is 41.6 Å². The van der Waals surface area contributed by atoms with Crippen molar-refractivity contribution in [1.29, 1.82) is 0 Å². The van der Waals surface area contributed by atoms with Gasteiger partial charge in [-0.3, -0.25) is 9.69 Å². The number of hydrogen-bond acceptors (Lipinski definition) is 3. The minimum absolute atomic E-state index is 0.0351. The Labute approximate surface area is 130 Å². The maximum absolute atomic E-state index is 13.3. The fraction of sp³-hybridized carbons (Fsp3) is 0.588. The fourth-order valence-corrected chi connectivity index (χ4v) is 3.34. The molecule has 1 aromatic rings. The van der Waals surface area contributed by atoms with Crippen molar-refractivity contribution in [3.05, 3.63) is 35.1 Å². The maximum Gasteiger partial charge on any atom is 0.234 e. The SMILES string of the molecule is CC1c2ccc(F)cc2CCN1CC(=O)NCC1CCCO1. The Hall–Kier alpha value is -1.46. The summed E-state index contributed by atoms with van der Waals surface area (Å²) in [5.74, 6) is -0.151. The molecule has 1 fully saturated rings. The molecule has 0 aliphatic carbocycles. The zero-order valence-electron chi connectivity index (χ0n) is 13.0. The highest BCUT2D eigenvalue weighted by Gasteiger charge is 2.26. The monoisotopic (exact) mass is 306 g/mol. The molecule has 3 rings (SSSR count). The van der Waals surface area contributed by atoms with Gasteiger partial charge in [0.15, 0.2) is 0 Å². The number of carbonyl (C=O) groups excluding carboxylic acids is 1. The van der Waals surface area contributed by atoms with Crippen molar-refractivity contribution in [2.45, 2.75) is 38.3 Å². The van der Waals surface area contributed by atoms with Crippen molar-refractivity contribution in [1.82, 2.24) is 10.2 Å². The van der Waals surface area contributed by atoms with Gasteiger partial charge >= 0.3 is 0 Å². The molecule has 1 aromatic carbocycles. The Morgan fingerprint density at radius 3 is 3.14 bits per heavy atom. The molecule has 22 heavy (non-hydrogen) atoms. The molecule has 4 nitrogen and oxygen atoms in total. The molecule has 0 bridgehead atoms. The minimum atomic E-state index is -0.186. The molecule has 0 spiro atoms. The molecular formula is C17H23FN2O2. The lowest BCUT2D eigenvalue weighted by Crippen LogP contribution is -2.43. The number of carbonyl (C=O) groups is 1. The van der Waals surface area contributed by atoms with Crippen LogP contribution in [0.4, 0.5) is 4.39 Å². The zero-order valence-corrected chi connectivity index (χ0v) is 13.0. The smallest absolute Gasteiger partial charge is 0.234 e. The predicted octanol–water partition coefficient (Wildman–Crippen LogP) is 2.04. The van der Waals surface area contributed by atoms with E-state index >= 15 is 0 Å². The lowest BCUT2D eigenvalue weighted by molar-refractivity contribution is -0.123. The van der Waals surface area contributed by atoms with Crippen LogP contribution in [0.15, 0.2) is 18.2 Å². The van der Waals surface area contributed by atoms with Crippen LogP contribution < -0.4 is 5.32 Å². The van der Waals surface area contributed by atoms with E-state index in [-0.39, 0.29) is 23.9 Å². The second kappa shape index (κ2) is 6.75. The van der Waals surface area contributed by atoms with Crippen molar-refractivity contribution in [2.75, 3.05) is 26.2 Å². The second-order valence-electron chi connectivity index (χ2n) is 6.18. The van der Waals surface area contributed by atoms with Crippen molar-refractivity contribution >= 4 is 5.91 Å². The first-order valence-electron chi connectivity index (χ1n) is 8.04. The number of halogens is 1. The van der Waals surface area contributed by atoms with Crippen molar-refractivity contribution < 1.29 is 13.9 Å². The zero-order chi connectivity index (χ0) is 15.5. The number of amides is 1. The van der Waals surface area contributed by atoms with Gasteiger partial charge in [-0.15, -0.1) is 0 Å². The first-order chi connectivity index (χ1) is 10.6. The quantitative estimate of drug-likeness (QED) is 0.925. The lowest BCUT2D eigenvalue weighted by atomic mass is 9.93. The molecular weight excluding hydrogens is 283 g/mol. The molecule has 0 saturated carbocycles. The summed E-state index contributed by atoms with van der Waals surface area (Å²) in [5, 5.41) is 2.96. The maximum atomic E-state index is 13.3. The van der Waals surface area contributed by atoms with Crippen LogP contribution in [0.25, 0.3) is 0 Å². The lowest BCUT2D eigenvalue weighted by Gasteiger charge is -2.34. The molecule has 2 aliphatic heterocycles. The van der Waals surface area contributed by atoms with E-state index in [1.165, 1.54) is 6.07 Å². The number of nitrogens with one attached hydrogen (secondary N) is 1. The first kappa shape index (κ1) is 15.4. The molecule has 1 amide bonds. The fourth-order valence-electron chi connectivity index (χ4n) is 3.34. The average molecular weight is 306 g/mol. The van der Waals surface area contributed by atoms with Gasteiger partial charge < -0.3 is 10.1 Å². The number of hydrogen-bond donors (Lipinski definition) is 1. The van der Waals surface area contributed by atoms with Crippen LogP contribution in [-0.2, 0) is 16.0 Å². The highest BCUT2D eigenvalue weighted by Crippen LogP contribution is 2.29. The summed E-state index contributed by atoms with van der Waals surface area (Å²) < 4.78 is 18.8. The molecule has 5 heteroatoms. The van der Waals surface area contributed by atoms with E-state index in [1.807, 2.05) is 6.07 Å². The third kappa shape index (κ3) is 3.47. The number of nitrogens with zero attached hydrogens (tertiary/aromatic N) is 1. The molecule has 1 saturated heterocycles. The number of rotatable bonds is 4. The Kier molecular flexibility index (Phi) is 4.74. The van der Waals surface area contributed by atoms with Crippen LogP contribution in [0.1, 0.15) is 36.9 Å². The summed E-state index contributed by atoms with van der Waals surface area (Å²) in [6.07, 6.45) is 3.07. The van der Waals surface area contributed by atoms with Gasteiger partial charge in [0.25, 0.3) is 0 Å². The number of benzene rings is 1. The van der Waals surface area contributed by atoms with E-state index in [0.717, 1.165) is 43.5 Å². The molecule has 2 aliphatic rings. The van der Waals surface area contributed by atoms with Gasteiger partial charge in [-0.05, 0) is 49.4 Å². The van der Waals surface area contributed by atoms with Gasteiger partial charge in [0.2, 0.25) is 5.91 Å². The molecule has 1 N–H and O–H groups in total. The Morgan fingerprint density at radius 2 is 2.36 bits per heavy atom. The summed E-state index contributed by atoms with van der Waals surface area (Å²) in [7, 11) is 0. The summed E-state index contributed by atoms with van der Waals surface area (Å²) in [5.41, 5.74) is 2.18. The number of ether oxygens (including phenoxy) is 1. The highest BCUT2D eigenvalue weighted by atomic mass is 19.1. The summed E-state index contributed by atoms with van der Waals surface area (Å²) in [4.78, 5) is 14.3. The third-order valence-electron chi connectivity index (χ3n) is 4.67. The van der Waals surface area contributed by atoms with E-state index in [1.54, 1.807) is 6.07 Å². The predicted molar refractivity (Wildman–Crippen MR) is 82.1 cm³/mol. The second-order valence-corrected chi connectivity index (χ2v) is 6.18. The first-order valence-corrected chi connectivity index (χ1v) is 8.04. The van der Waals surface area contributed by atoms with E-state index in [4.69, 9.17) is 4.74 Å². The van der Waals surface area contributed by atoms with Crippen LogP contribution in [-0.4, -0.2) is 43.2 Å². The summed E-state index contributed by atoms with van der Waals surface area (Å²) >= 11 is 0. The van der Waals surface area contributed by atoms with Crippen LogP contribution >= 0.6 is 0 Å². The summed E-state index contributed by atoms with van der Waals surface area (Å²) in [6.45, 7) is 4.64. The molecule has 2 heterocycles. The van der Waals surface area contributed by atoms with Crippen molar-refractivity contribution in [3.8, 4) is 0 Å². The standard InChI is InChI=1S/C17H23FN2O2/c1-12-16-5-4-14(18)9-13(16)6-7-20(12)11-17(21)19-10-15-3-2-8-22-15/h4-5,9,12,15H,2-3,6-8,10-11H2,1H3,(H,19,21). The van der Waals surface area contributed by atoms with Gasteiger partial charge in [0, 0.05) is 25.7 Å². The van der Waals surface area contributed by atoms with Gasteiger partial charge in [-0.25, -0.2) is 4.39 Å². The average Bonchev–Trinajstić information content (AvgIpc) is 3.01. The largest absolute Gasteiger partial charge is 0.376 e. The van der Waals surface area contributed by atoms with Gasteiger partial charge in [-0.1, -0.05) is 6.07 Å². The molecule has 2 atom stereocenters. The van der Waals surface area contributed by atoms with E-state index < -0.39 is 0 Å². The minimum Gasteiger partial charge on any atom is -0.376 e. The molecule has 0 radical (unpaired) electrons. The summed E-state index contributed by atoms with van der Waals surface area (Å²) in [6, 6.07) is 5.08. The van der Waals surface area contributed by atoms with Crippen molar-refractivity contribution in [3.63, 3.8) is 0 Å². The van der Waals surface area contributed by atoms with Gasteiger partial charge in [0.05, 0.1) is 12.6 Å². The van der Waals surface area contributed by atoms with Crippen LogP contribution in [0.5, 0.6) is 0 Å². The van der Waals surface area contributed by atoms with E-state index in [2.05, 4.69) is 17.1 Å². The van der Waals surface area contributed by atoms with Gasteiger partial charge in [0.1, 0.15) is 5.82 Å². The Morgan fingerprint density at radius 1 is 1.50 bits per heavy atom. The molecule has 0 aromatic heterocycles. The van der Waals surface area contributed by atoms with Crippen LogP contribution in [0.2, 0.25) is 0 Å². The molecule has 2 unspecified atom stereocenters. The Balaban J connectivity index is 1.54. The van der Waals surface area contributed by atoms with Crippen LogP contribution in [0.3, 0.4) is 0 Å². The van der Waals surface area contributed by atoms with E-state index in [9.17, 15) is 9.18 Å². The Bertz CT molecular complexity index is 543. The van der Waals surface area contributed by atoms with Crippen molar-refractivity contribution in [2.24, 2.45) is 0 Å². The third-order valence-corrected chi connectivity index (χ3v) is 4.67. The highest BCUT2D eigenvalue weighted by molar-refractivity contribution is 5.78.